The molecule has 0 aliphatic carbocycles. The molecule has 3 nitrogen and oxygen atoms in total. The highest BCUT2D eigenvalue weighted by Gasteiger charge is 2.37. The number of ether oxygens (including phenoxy) is 1. The van der Waals surface area contributed by atoms with Crippen LogP contribution in [-0.2, 0) is 11.2 Å². The van der Waals surface area contributed by atoms with Gasteiger partial charge >= 0.3 is 0 Å². The summed E-state index contributed by atoms with van der Waals surface area (Å²) in [6.45, 7) is 4.03. The lowest BCUT2D eigenvalue weighted by atomic mass is 9.86. The van der Waals surface area contributed by atoms with Crippen LogP contribution in [0.3, 0.4) is 0 Å². The number of aliphatic hydroxyl groups is 1. The van der Waals surface area contributed by atoms with E-state index in [0.717, 1.165) is 4.47 Å². The van der Waals surface area contributed by atoms with E-state index in [1.165, 1.54) is 6.07 Å². The van der Waals surface area contributed by atoms with Gasteiger partial charge in [0, 0.05) is 17.1 Å². The molecule has 2 N–H and O–H groups in total. The van der Waals surface area contributed by atoms with Crippen LogP contribution in [0.1, 0.15) is 12.5 Å². The normalized spacial score (nSPS) is 18.9. The molecule has 0 radical (unpaired) electrons. The number of nitrogens with one attached hydrogen (secondary N) is 1. The summed E-state index contributed by atoms with van der Waals surface area (Å²) >= 11 is 3.25. The minimum absolute atomic E-state index is 0.124. The Balaban J connectivity index is 1.85. The first kappa shape index (κ1) is 14.9. The Morgan fingerprint density at radius 3 is 2.79 bits per heavy atom. The summed E-state index contributed by atoms with van der Waals surface area (Å²) in [6, 6.07) is 5.28. The van der Waals surface area contributed by atoms with Crippen LogP contribution in [-0.4, -0.2) is 37.5 Å². The molecule has 0 saturated carbocycles. The summed E-state index contributed by atoms with van der Waals surface area (Å²) in [6.07, 6.45) is 0.626. The fourth-order valence-electron chi connectivity index (χ4n) is 2.12. The van der Waals surface area contributed by atoms with Crippen molar-refractivity contribution < 1.29 is 14.2 Å². The maximum absolute atomic E-state index is 13.7. The first-order valence-electron chi connectivity index (χ1n) is 6.41. The topological polar surface area (TPSA) is 41.5 Å². The Labute approximate surface area is 121 Å². The van der Waals surface area contributed by atoms with Crippen molar-refractivity contribution in [3.63, 3.8) is 0 Å². The molecule has 1 unspecified atom stereocenters. The summed E-state index contributed by atoms with van der Waals surface area (Å²) in [5.74, 6) is -0.188. The van der Waals surface area contributed by atoms with Gasteiger partial charge in [0.1, 0.15) is 5.82 Å². The van der Waals surface area contributed by atoms with Gasteiger partial charge in [0.2, 0.25) is 0 Å². The molecule has 0 bridgehead atoms. The SMILES string of the molecule is CC(Cc1ccc(Br)cc1F)NCC1(CO)COC1. The van der Waals surface area contributed by atoms with Crippen LogP contribution >= 0.6 is 15.9 Å². The van der Waals surface area contributed by atoms with E-state index < -0.39 is 0 Å². The van der Waals surface area contributed by atoms with Crippen LogP contribution in [0.15, 0.2) is 22.7 Å². The molecule has 106 valence electrons. The largest absolute Gasteiger partial charge is 0.396 e. The van der Waals surface area contributed by atoms with Crippen molar-refractivity contribution in [1.82, 2.24) is 5.32 Å². The zero-order chi connectivity index (χ0) is 13.9. The standard InChI is InChI=1S/C14H19BrFNO2/c1-10(17-6-14(7-18)8-19-9-14)4-11-2-3-12(15)5-13(11)16/h2-3,5,10,17-18H,4,6-9H2,1H3. The number of benzene rings is 1. The van der Waals surface area contributed by atoms with E-state index in [0.29, 0.717) is 31.7 Å². The smallest absolute Gasteiger partial charge is 0.127 e. The van der Waals surface area contributed by atoms with Gasteiger partial charge in [-0.3, -0.25) is 0 Å². The van der Waals surface area contributed by atoms with E-state index in [2.05, 4.69) is 21.2 Å². The van der Waals surface area contributed by atoms with Crippen LogP contribution in [0.25, 0.3) is 0 Å². The molecular weight excluding hydrogens is 313 g/mol. The average Bonchev–Trinajstić information content (AvgIpc) is 2.32. The monoisotopic (exact) mass is 331 g/mol. The fraction of sp³-hybridized carbons (Fsp3) is 0.571. The maximum Gasteiger partial charge on any atom is 0.127 e. The quantitative estimate of drug-likeness (QED) is 0.839. The summed E-state index contributed by atoms with van der Waals surface area (Å²) in [5, 5.41) is 12.7. The van der Waals surface area contributed by atoms with E-state index in [1.54, 1.807) is 6.07 Å². The molecule has 1 atom stereocenters. The molecular formula is C14H19BrFNO2. The highest BCUT2D eigenvalue weighted by Crippen LogP contribution is 2.26. The fourth-order valence-corrected chi connectivity index (χ4v) is 2.45. The molecule has 2 rings (SSSR count). The highest BCUT2D eigenvalue weighted by atomic mass is 79.9. The second-order valence-electron chi connectivity index (χ2n) is 5.37. The lowest BCUT2D eigenvalue weighted by molar-refractivity contribution is -0.135. The van der Waals surface area contributed by atoms with Gasteiger partial charge in [-0.05, 0) is 31.0 Å². The Kier molecular flexibility index (Phi) is 4.95. The van der Waals surface area contributed by atoms with E-state index in [-0.39, 0.29) is 23.9 Å². The molecule has 1 aromatic carbocycles. The van der Waals surface area contributed by atoms with Crippen LogP contribution in [0, 0.1) is 11.2 Å². The summed E-state index contributed by atoms with van der Waals surface area (Å²) in [7, 11) is 0. The lowest BCUT2D eigenvalue weighted by Crippen LogP contribution is -2.53. The van der Waals surface area contributed by atoms with Gasteiger partial charge in [0.15, 0.2) is 0 Å². The molecule has 1 fully saturated rings. The molecule has 5 heteroatoms. The molecule has 19 heavy (non-hydrogen) atoms. The van der Waals surface area contributed by atoms with E-state index in [1.807, 2.05) is 13.0 Å². The zero-order valence-electron chi connectivity index (χ0n) is 11.0. The Morgan fingerprint density at radius 2 is 2.26 bits per heavy atom. The van der Waals surface area contributed by atoms with Gasteiger partial charge in [0.25, 0.3) is 0 Å². The third-order valence-electron chi connectivity index (χ3n) is 3.52. The molecule has 1 heterocycles. The molecule has 0 amide bonds. The number of halogens is 2. The third kappa shape index (κ3) is 3.75. The molecule has 1 aromatic rings. The van der Waals surface area contributed by atoms with Gasteiger partial charge in [-0.25, -0.2) is 4.39 Å². The number of aliphatic hydroxyl groups excluding tert-OH is 1. The van der Waals surface area contributed by atoms with E-state index in [4.69, 9.17) is 4.74 Å². The Bertz CT molecular complexity index is 432. The van der Waals surface area contributed by atoms with Crippen LogP contribution in [0.5, 0.6) is 0 Å². The Morgan fingerprint density at radius 1 is 1.53 bits per heavy atom. The van der Waals surface area contributed by atoms with Crippen molar-refractivity contribution in [2.24, 2.45) is 5.41 Å². The van der Waals surface area contributed by atoms with E-state index >= 15 is 0 Å². The van der Waals surface area contributed by atoms with Gasteiger partial charge in [-0.1, -0.05) is 22.0 Å². The van der Waals surface area contributed by atoms with Gasteiger partial charge in [0.05, 0.1) is 25.2 Å². The highest BCUT2D eigenvalue weighted by molar-refractivity contribution is 9.10. The molecule has 0 aromatic heterocycles. The molecule has 0 spiro atoms. The zero-order valence-corrected chi connectivity index (χ0v) is 12.5. The van der Waals surface area contributed by atoms with Crippen molar-refractivity contribution >= 4 is 15.9 Å². The van der Waals surface area contributed by atoms with Crippen molar-refractivity contribution in [3.05, 3.63) is 34.1 Å². The van der Waals surface area contributed by atoms with Crippen molar-refractivity contribution in [2.75, 3.05) is 26.4 Å². The van der Waals surface area contributed by atoms with Gasteiger partial charge in [-0.2, -0.15) is 0 Å². The Hall–Kier alpha value is -0.490. The first-order chi connectivity index (χ1) is 9.04. The number of hydrogen-bond donors (Lipinski definition) is 2. The predicted molar refractivity (Wildman–Crippen MR) is 75.6 cm³/mol. The average molecular weight is 332 g/mol. The summed E-state index contributed by atoms with van der Waals surface area (Å²) in [4.78, 5) is 0. The van der Waals surface area contributed by atoms with Gasteiger partial charge < -0.3 is 15.2 Å². The second-order valence-corrected chi connectivity index (χ2v) is 6.29. The van der Waals surface area contributed by atoms with Crippen LogP contribution in [0.4, 0.5) is 4.39 Å². The molecule has 1 aliphatic heterocycles. The second kappa shape index (κ2) is 6.31. The van der Waals surface area contributed by atoms with Crippen molar-refractivity contribution in [1.29, 1.82) is 0 Å². The minimum atomic E-state index is -0.188. The van der Waals surface area contributed by atoms with Crippen LogP contribution < -0.4 is 5.32 Å². The third-order valence-corrected chi connectivity index (χ3v) is 4.01. The first-order valence-corrected chi connectivity index (χ1v) is 7.20. The molecule has 1 aliphatic rings. The summed E-state index contributed by atoms with van der Waals surface area (Å²) < 4.78 is 19.6. The van der Waals surface area contributed by atoms with E-state index in [9.17, 15) is 9.50 Å². The minimum Gasteiger partial charge on any atom is -0.396 e. The van der Waals surface area contributed by atoms with Crippen LogP contribution in [0.2, 0.25) is 0 Å². The predicted octanol–water partition coefficient (Wildman–Crippen LogP) is 2.12. The number of hydrogen-bond acceptors (Lipinski definition) is 3. The van der Waals surface area contributed by atoms with Crippen molar-refractivity contribution in [3.8, 4) is 0 Å². The molecule has 1 saturated heterocycles. The lowest BCUT2D eigenvalue weighted by Gasteiger charge is -2.40. The number of rotatable bonds is 6. The maximum atomic E-state index is 13.7. The summed E-state index contributed by atoms with van der Waals surface area (Å²) in [5.41, 5.74) is 0.554. The van der Waals surface area contributed by atoms with Gasteiger partial charge in [-0.15, -0.1) is 0 Å². The van der Waals surface area contributed by atoms with Crippen molar-refractivity contribution in [2.45, 2.75) is 19.4 Å².